The Balaban J connectivity index is 2.55. The molecule has 0 atom stereocenters. The number of hydrogen-bond acceptors (Lipinski definition) is 2. The molecule has 0 aliphatic heterocycles. The molecule has 3 N–H and O–H groups in total. The summed E-state index contributed by atoms with van der Waals surface area (Å²) in [5.74, 6) is 0.463. The van der Waals surface area contributed by atoms with Crippen LogP contribution >= 0.6 is 0 Å². The fraction of sp³-hybridized carbons (Fsp3) is 0.588. The minimum Gasteiger partial charge on any atom is -0.380 e. The molecule has 0 saturated heterocycles. The molecule has 0 aromatic heterocycles. The molecule has 21 heavy (non-hydrogen) atoms. The molecule has 4 nitrogen and oxygen atoms in total. The van der Waals surface area contributed by atoms with Crippen molar-refractivity contribution in [1.82, 2.24) is 0 Å². The SMILES string of the molecule is CCCCOCCN=C(N)Nc1c(CC)cccc1CC. The number of guanidine groups is 1. The number of anilines is 1. The minimum atomic E-state index is 0.463. The predicted molar refractivity (Wildman–Crippen MR) is 91.0 cm³/mol. The lowest BCUT2D eigenvalue weighted by atomic mass is 10.0. The maximum atomic E-state index is 5.98. The fourth-order valence-corrected chi connectivity index (χ4v) is 2.15. The Labute approximate surface area is 128 Å². The largest absolute Gasteiger partial charge is 0.380 e. The minimum absolute atomic E-state index is 0.463. The quantitative estimate of drug-likeness (QED) is 0.417. The summed E-state index contributed by atoms with van der Waals surface area (Å²) >= 11 is 0. The predicted octanol–water partition coefficient (Wildman–Crippen LogP) is 3.35. The van der Waals surface area contributed by atoms with Crippen LogP contribution in [0.15, 0.2) is 23.2 Å². The molecule has 0 unspecified atom stereocenters. The number of unbranched alkanes of at least 4 members (excludes halogenated alkanes) is 1. The van der Waals surface area contributed by atoms with E-state index in [1.807, 2.05) is 0 Å². The molecule has 0 amide bonds. The number of ether oxygens (including phenoxy) is 1. The normalized spacial score (nSPS) is 11.7. The number of nitrogens with one attached hydrogen (secondary N) is 1. The van der Waals surface area contributed by atoms with Gasteiger partial charge in [-0.25, -0.2) is 0 Å². The van der Waals surface area contributed by atoms with Gasteiger partial charge in [0.05, 0.1) is 13.2 Å². The molecule has 0 heterocycles. The first-order valence-electron chi connectivity index (χ1n) is 7.98. The van der Waals surface area contributed by atoms with Crippen LogP contribution in [0.3, 0.4) is 0 Å². The van der Waals surface area contributed by atoms with Crippen molar-refractivity contribution < 1.29 is 4.74 Å². The van der Waals surface area contributed by atoms with E-state index in [-0.39, 0.29) is 0 Å². The first-order chi connectivity index (χ1) is 10.2. The highest BCUT2D eigenvalue weighted by Gasteiger charge is 2.06. The molecule has 0 spiro atoms. The van der Waals surface area contributed by atoms with E-state index >= 15 is 0 Å². The monoisotopic (exact) mass is 291 g/mol. The van der Waals surface area contributed by atoms with Crippen LogP contribution in [0, 0.1) is 0 Å². The zero-order valence-corrected chi connectivity index (χ0v) is 13.6. The molecule has 1 rings (SSSR count). The summed E-state index contributed by atoms with van der Waals surface area (Å²) in [5.41, 5.74) is 9.62. The highest BCUT2D eigenvalue weighted by atomic mass is 16.5. The zero-order valence-electron chi connectivity index (χ0n) is 13.6. The van der Waals surface area contributed by atoms with Gasteiger partial charge in [-0.2, -0.15) is 0 Å². The van der Waals surface area contributed by atoms with E-state index in [1.165, 1.54) is 11.1 Å². The van der Waals surface area contributed by atoms with Gasteiger partial charge in [0.15, 0.2) is 5.96 Å². The first kappa shape index (κ1) is 17.5. The molecule has 1 aromatic rings. The highest BCUT2D eigenvalue weighted by molar-refractivity contribution is 5.93. The van der Waals surface area contributed by atoms with Crippen LogP contribution < -0.4 is 11.1 Å². The van der Waals surface area contributed by atoms with Crippen molar-refractivity contribution in [3.05, 3.63) is 29.3 Å². The van der Waals surface area contributed by atoms with Gasteiger partial charge in [-0.1, -0.05) is 45.4 Å². The molecule has 0 aliphatic carbocycles. The van der Waals surface area contributed by atoms with Gasteiger partial charge >= 0.3 is 0 Å². The Hall–Kier alpha value is -1.55. The van der Waals surface area contributed by atoms with Gasteiger partial charge in [-0.15, -0.1) is 0 Å². The van der Waals surface area contributed by atoms with Crippen LogP contribution in [0.1, 0.15) is 44.7 Å². The molecule has 0 radical (unpaired) electrons. The molecule has 1 aromatic carbocycles. The van der Waals surface area contributed by atoms with E-state index in [0.717, 1.165) is 38.0 Å². The maximum Gasteiger partial charge on any atom is 0.193 e. The van der Waals surface area contributed by atoms with E-state index in [4.69, 9.17) is 10.5 Å². The number of hydrogen-bond donors (Lipinski definition) is 2. The topological polar surface area (TPSA) is 59.6 Å². The van der Waals surface area contributed by atoms with Crippen molar-refractivity contribution in [3.8, 4) is 0 Å². The van der Waals surface area contributed by atoms with Crippen molar-refractivity contribution in [1.29, 1.82) is 0 Å². The second kappa shape index (κ2) is 10.2. The number of nitrogens with zero attached hydrogens (tertiary/aromatic N) is 1. The lowest BCUT2D eigenvalue weighted by Crippen LogP contribution is -2.25. The summed E-state index contributed by atoms with van der Waals surface area (Å²) in [7, 11) is 0. The standard InChI is InChI=1S/C17H29N3O/c1-4-7-12-21-13-11-19-17(18)20-16-14(5-2)9-8-10-15(16)6-3/h8-10H,4-7,11-13H2,1-3H3,(H3,18,19,20). The number of para-hydroxylation sites is 1. The van der Waals surface area contributed by atoms with E-state index in [2.05, 4.69) is 49.3 Å². The molecule has 4 heteroatoms. The number of rotatable bonds is 9. The average Bonchev–Trinajstić information content (AvgIpc) is 2.51. The van der Waals surface area contributed by atoms with Gasteiger partial charge < -0.3 is 15.8 Å². The maximum absolute atomic E-state index is 5.98. The summed E-state index contributed by atoms with van der Waals surface area (Å²) < 4.78 is 5.47. The Morgan fingerprint density at radius 1 is 1.14 bits per heavy atom. The molecule has 118 valence electrons. The van der Waals surface area contributed by atoms with Crippen LogP contribution in [0.25, 0.3) is 0 Å². The molecule has 0 aliphatic rings. The smallest absolute Gasteiger partial charge is 0.193 e. The fourth-order valence-electron chi connectivity index (χ4n) is 2.15. The molecule has 0 bridgehead atoms. The zero-order chi connectivity index (χ0) is 15.5. The van der Waals surface area contributed by atoms with E-state index in [9.17, 15) is 0 Å². The molecular formula is C17H29N3O. The Morgan fingerprint density at radius 3 is 2.38 bits per heavy atom. The lowest BCUT2D eigenvalue weighted by molar-refractivity contribution is 0.139. The number of benzene rings is 1. The second-order valence-corrected chi connectivity index (χ2v) is 5.02. The van der Waals surface area contributed by atoms with Crippen LogP contribution in [0.5, 0.6) is 0 Å². The van der Waals surface area contributed by atoms with E-state index in [0.29, 0.717) is 19.1 Å². The van der Waals surface area contributed by atoms with Crippen LogP contribution in [0.2, 0.25) is 0 Å². The second-order valence-electron chi connectivity index (χ2n) is 5.02. The Kier molecular flexibility index (Phi) is 8.51. The summed E-state index contributed by atoms with van der Waals surface area (Å²) in [6.07, 6.45) is 4.20. The average molecular weight is 291 g/mol. The summed E-state index contributed by atoms with van der Waals surface area (Å²) in [5, 5.41) is 3.26. The van der Waals surface area contributed by atoms with Crippen molar-refractivity contribution in [2.45, 2.75) is 46.5 Å². The third-order valence-electron chi connectivity index (χ3n) is 3.41. The molecule has 0 saturated carbocycles. The van der Waals surface area contributed by atoms with Gasteiger partial charge in [0.1, 0.15) is 0 Å². The lowest BCUT2D eigenvalue weighted by Gasteiger charge is -2.14. The van der Waals surface area contributed by atoms with E-state index < -0.39 is 0 Å². The first-order valence-corrected chi connectivity index (χ1v) is 7.98. The van der Waals surface area contributed by atoms with Crippen molar-refractivity contribution in [3.63, 3.8) is 0 Å². The van der Waals surface area contributed by atoms with Gasteiger partial charge in [-0.05, 0) is 30.4 Å². The van der Waals surface area contributed by atoms with Crippen LogP contribution in [-0.4, -0.2) is 25.7 Å². The number of aliphatic imine (C=N–C) groups is 1. The summed E-state index contributed by atoms with van der Waals surface area (Å²) in [6.45, 7) is 8.47. The summed E-state index contributed by atoms with van der Waals surface area (Å²) in [6, 6.07) is 6.35. The van der Waals surface area contributed by atoms with Crippen molar-refractivity contribution >= 4 is 11.6 Å². The van der Waals surface area contributed by atoms with Gasteiger partial charge in [0.25, 0.3) is 0 Å². The Morgan fingerprint density at radius 2 is 1.81 bits per heavy atom. The number of nitrogens with two attached hydrogens (primary N) is 1. The van der Waals surface area contributed by atoms with E-state index in [1.54, 1.807) is 0 Å². The number of aryl methyl sites for hydroxylation is 2. The highest BCUT2D eigenvalue weighted by Crippen LogP contribution is 2.22. The Bertz CT molecular complexity index is 421. The van der Waals surface area contributed by atoms with Crippen LogP contribution in [0.4, 0.5) is 5.69 Å². The van der Waals surface area contributed by atoms with Crippen molar-refractivity contribution in [2.24, 2.45) is 10.7 Å². The van der Waals surface area contributed by atoms with Gasteiger partial charge in [-0.3, -0.25) is 4.99 Å². The third kappa shape index (κ3) is 6.17. The molecule has 0 fully saturated rings. The van der Waals surface area contributed by atoms with Gasteiger partial charge in [0.2, 0.25) is 0 Å². The van der Waals surface area contributed by atoms with Gasteiger partial charge in [0, 0.05) is 12.3 Å². The summed E-state index contributed by atoms with van der Waals surface area (Å²) in [4.78, 5) is 4.33. The molecular weight excluding hydrogens is 262 g/mol. The third-order valence-corrected chi connectivity index (χ3v) is 3.41. The van der Waals surface area contributed by atoms with Crippen molar-refractivity contribution in [2.75, 3.05) is 25.1 Å². The van der Waals surface area contributed by atoms with Crippen LogP contribution in [-0.2, 0) is 17.6 Å².